The van der Waals surface area contributed by atoms with E-state index >= 15 is 0 Å². The summed E-state index contributed by atoms with van der Waals surface area (Å²) in [4.78, 5) is 22.0. The second-order valence-electron chi connectivity index (χ2n) is 5.65. The van der Waals surface area contributed by atoms with E-state index in [1.165, 1.54) is 12.1 Å². The van der Waals surface area contributed by atoms with Crippen molar-refractivity contribution in [2.24, 2.45) is 11.5 Å². The Bertz CT molecular complexity index is 907. The van der Waals surface area contributed by atoms with Gasteiger partial charge in [-0.15, -0.1) is 0 Å². The molecular weight excluding hydrogens is 410 g/mol. The SMILES string of the molecule is NC(=O)OCCCc1ccc(N(c2cc(Cl)c(O)c(C(N)=O)c2)S(=O)O)cc1. The summed E-state index contributed by atoms with van der Waals surface area (Å²) in [5, 5.41) is 9.64. The summed E-state index contributed by atoms with van der Waals surface area (Å²) in [5.41, 5.74) is 11.2. The van der Waals surface area contributed by atoms with E-state index in [0.29, 0.717) is 18.5 Å². The van der Waals surface area contributed by atoms with Gasteiger partial charge < -0.3 is 21.3 Å². The number of primary amides is 2. The van der Waals surface area contributed by atoms with Gasteiger partial charge in [0.05, 0.1) is 28.6 Å². The second kappa shape index (κ2) is 9.40. The van der Waals surface area contributed by atoms with Crippen LogP contribution in [-0.2, 0) is 22.4 Å². The van der Waals surface area contributed by atoms with Gasteiger partial charge in [-0.05, 0) is 42.7 Å². The monoisotopic (exact) mass is 427 g/mol. The largest absolute Gasteiger partial charge is 0.506 e. The number of carbonyl (C=O) groups is 2. The Hall–Kier alpha value is -2.82. The Labute approximate surface area is 168 Å². The second-order valence-corrected chi connectivity index (χ2v) is 6.88. The Morgan fingerprint density at radius 1 is 1.14 bits per heavy atom. The van der Waals surface area contributed by atoms with E-state index in [0.717, 1.165) is 9.87 Å². The van der Waals surface area contributed by atoms with Crippen LogP contribution in [0.3, 0.4) is 0 Å². The third-order valence-electron chi connectivity index (χ3n) is 3.73. The molecule has 9 nitrogen and oxygen atoms in total. The van der Waals surface area contributed by atoms with Crippen LogP contribution in [-0.4, -0.2) is 32.5 Å². The number of anilines is 2. The van der Waals surface area contributed by atoms with Gasteiger partial charge in [-0.2, -0.15) is 0 Å². The molecule has 2 aromatic rings. The summed E-state index contributed by atoms with van der Waals surface area (Å²) in [5.74, 6) is -1.44. The molecule has 2 amide bonds. The predicted molar refractivity (Wildman–Crippen MR) is 105 cm³/mol. The Kier molecular flexibility index (Phi) is 7.21. The summed E-state index contributed by atoms with van der Waals surface area (Å²) in [6.45, 7) is 0.186. The summed E-state index contributed by atoms with van der Waals surface area (Å²) < 4.78 is 27.3. The molecule has 0 radical (unpaired) electrons. The number of hydrogen-bond donors (Lipinski definition) is 4. The molecule has 0 aliphatic heterocycles. The number of amides is 2. The molecule has 11 heteroatoms. The third kappa shape index (κ3) is 5.35. The zero-order valence-electron chi connectivity index (χ0n) is 14.5. The molecule has 6 N–H and O–H groups in total. The van der Waals surface area contributed by atoms with Crippen molar-refractivity contribution in [3.63, 3.8) is 0 Å². The van der Waals surface area contributed by atoms with Crippen LogP contribution in [0.4, 0.5) is 16.2 Å². The normalized spacial score (nSPS) is 11.6. The Balaban J connectivity index is 2.26. The molecule has 0 aromatic heterocycles. The van der Waals surface area contributed by atoms with E-state index in [9.17, 15) is 23.5 Å². The van der Waals surface area contributed by atoms with E-state index < -0.39 is 29.0 Å². The first-order valence-corrected chi connectivity index (χ1v) is 9.39. The molecule has 1 atom stereocenters. The van der Waals surface area contributed by atoms with E-state index in [2.05, 4.69) is 4.74 Å². The van der Waals surface area contributed by atoms with Gasteiger partial charge in [-0.3, -0.25) is 9.35 Å². The molecule has 2 aromatic carbocycles. The number of carbonyl (C=O) groups excluding carboxylic acids is 2. The molecule has 0 spiro atoms. The van der Waals surface area contributed by atoms with E-state index in [4.69, 9.17) is 23.1 Å². The van der Waals surface area contributed by atoms with Crippen molar-refractivity contribution in [1.82, 2.24) is 0 Å². The molecule has 1 unspecified atom stereocenters. The van der Waals surface area contributed by atoms with Crippen molar-refractivity contribution in [3.05, 3.63) is 52.5 Å². The highest BCUT2D eigenvalue weighted by atomic mass is 35.5. The van der Waals surface area contributed by atoms with Crippen molar-refractivity contribution in [3.8, 4) is 5.75 Å². The van der Waals surface area contributed by atoms with Crippen molar-refractivity contribution in [2.45, 2.75) is 12.8 Å². The number of rotatable bonds is 8. The number of ether oxygens (including phenoxy) is 1. The van der Waals surface area contributed by atoms with Crippen LogP contribution in [0.15, 0.2) is 36.4 Å². The highest BCUT2D eigenvalue weighted by Gasteiger charge is 2.20. The van der Waals surface area contributed by atoms with Crippen LogP contribution >= 0.6 is 11.6 Å². The van der Waals surface area contributed by atoms with E-state index in [1.807, 2.05) is 0 Å². The van der Waals surface area contributed by atoms with Crippen molar-refractivity contribution >= 4 is 46.2 Å². The number of aromatic hydroxyl groups is 1. The van der Waals surface area contributed by atoms with Crippen molar-refractivity contribution in [2.75, 3.05) is 10.9 Å². The lowest BCUT2D eigenvalue weighted by atomic mass is 10.1. The molecule has 28 heavy (non-hydrogen) atoms. The number of hydrogen-bond acceptors (Lipinski definition) is 5. The van der Waals surface area contributed by atoms with E-state index in [1.54, 1.807) is 24.3 Å². The third-order valence-corrected chi connectivity index (χ3v) is 4.75. The quantitative estimate of drug-likeness (QED) is 0.374. The molecule has 150 valence electrons. The summed E-state index contributed by atoms with van der Waals surface area (Å²) in [7, 11) is 0. The van der Waals surface area contributed by atoms with Gasteiger partial charge in [-0.25, -0.2) is 13.3 Å². The van der Waals surface area contributed by atoms with Crippen molar-refractivity contribution in [1.29, 1.82) is 0 Å². The molecule has 2 rings (SSSR count). The van der Waals surface area contributed by atoms with Gasteiger partial charge in [0.15, 0.2) is 0 Å². The van der Waals surface area contributed by atoms with Gasteiger partial charge in [0.2, 0.25) is 0 Å². The first-order valence-electron chi connectivity index (χ1n) is 7.95. The number of halogens is 1. The van der Waals surface area contributed by atoms with Crippen LogP contribution in [0.1, 0.15) is 22.3 Å². The molecule has 0 saturated heterocycles. The van der Waals surface area contributed by atoms with Gasteiger partial charge in [0, 0.05) is 0 Å². The molecule has 0 heterocycles. The van der Waals surface area contributed by atoms with Gasteiger partial charge in [0.1, 0.15) is 5.75 Å². The fourth-order valence-corrected chi connectivity index (χ4v) is 3.27. The topological polar surface area (TPSA) is 156 Å². The van der Waals surface area contributed by atoms with E-state index in [-0.39, 0.29) is 22.9 Å². The molecule has 0 aliphatic carbocycles. The lowest BCUT2D eigenvalue weighted by molar-refractivity contribution is 0.0997. The number of nitrogens with zero attached hydrogens (tertiary/aromatic N) is 1. The highest BCUT2D eigenvalue weighted by molar-refractivity contribution is 7.81. The maximum absolute atomic E-state index is 11.9. The molecule has 0 saturated carbocycles. The fourth-order valence-electron chi connectivity index (χ4n) is 2.47. The smallest absolute Gasteiger partial charge is 0.404 e. The van der Waals surface area contributed by atoms with Crippen LogP contribution in [0, 0.1) is 0 Å². The molecular formula is C17H18ClN3O6S. The minimum Gasteiger partial charge on any atom is -0.506 e. The minimum absolute atomic E-state index is 0.0973. The Morgan fingerprint density at radius 2 is 1.79 bits per heavy atom. The summed E-state index contributed by atoms with van der Waals surface area (Å²) in [6, 6.07) is 9.08. The standard InChI is InChI=1S/C17H18ClN3O6S/c18-14-9-12(8-13(15(14)22)16(19)23)21(28(25)26)11-5-3-10(4-6-11)2-1-7-27-17(20)24/h3-6,8-9,22H,1-2,7H2,(H2,19,23)(H2,20,24)(H,25,26). The molecule has 0 aliphatic rings. The molecule has 0 bridgehead atoms. The predicted octanol–water partition coefficient (Wildman–Crippen LogP) is 2.45. The average molecular weight is 428 g/mol. The summed E-state index contributed by atoms with van der Waals surface area (Å²) >= 11 is 3.42. The van der Waals surface area contributed by atoms with Crippen LogP contribution in [0.2, 0.25) is 5.02 Å². The number of phenols is 1. The first kappa shape index (κ1) is 21.5. The number of aryl methyl sites for hydroxylation is 1. The lowest BCUT2D eigenvalue weighted by Crippen LogP contribution is -2.20. The van der Waals surface area contributed by atoms with Crippen LogP contribution < -0.4 is 15.8 Å². The molecule has 0 fully saturated rings. The fraction of sp³-hybridized carbons (Fsp3) is 0.176. The van der Waals surface area contributed by atoms with Gasteiger partial charge in [0.25, 0.3) is 17.2 Å². The number of benzene rings is 2. The van der Waals surface area contributed by atoms with Gasteiger partial charge in [-0.1, -0.05) is 23.7 Å². The maximum Gasteiger partial charge on any atom is 0.404 e. The minimum atomic E-state index is -2.49. The van der Waals surface area contributed by atoms with Crippen LogP contribution in [0.25, 0.3) is 0 Å². The summed E-state index contributed by atoms with van der Waals surface area (Å²) in [6.07, 6.45) is 0.333. The Morgan fingerprint density at radius 3 is 2.32 bits per heavy atom. The lowest BCUT2D eigenvalue weighted by Gasteiger charge is -2.21. The van der Waals surface area contributed by atoms with Gasteiger partial charge >= 0.3 is 6.09 Å². The number of nitrogens with two attached hydrogens (primary N) is 2. The zero-order valence-corrected chi connectivity index (χ0v) is 16.1. The maximum atomic E-state index is 11.9. The first-order chi connectivity index (χ1) is 13.2. The zero-order chi connectivity index (χ0) is 20.8. The highest BCUT2D eigenvalue weighted by Crippen LogP contribution is 2.36. The van der Waals surface area contributed by atoms with Crippen LogP contribution in [0.5, 0.6) is 5.75 Å². The van der Waals surface area contributed by atoms with Crippen molar-refractivity contribution < 1.29 is 28.2 Å². The average Bonchev–Trinajstić information content (AvgIpc) is 2.62.